The first-order valence-electron chi connectivity index (χ1n) is 5.51. The molecule has 0 saturated carbocycles. The molecule has 2 aromatic rings. The quantitative estimate of drug-likeness (QED) is 0.735. The Balaban J connectivity index is 2.27. The third-order valence-electron chi connectivity index (χ3n) is 2.52. The summed E-state index contributed by atoms with van der Waals surface area (Å²) in [7, 11) is -3.80. The molecule has 1 aromatic carbocycles. The van der Waals surface area contributed by atoms with E-state index in [9.17, 15) is 13.2 Å². The molecule has 0 fully saturated rings. The number of sulfonamides is 1. The van der Waals surface area contributed by atoms with Crippen LogP contribution in [0.2, 0.25) is 0 Å². The topological polar surface area (TPSA) is 99.3 Å². The second-order valence-electron chi connectivity index (χ2n) is 3.89. The smallest absolute Gasteiger partial charge is 0.352 e. The summed E-state index contributed by atoms with van der Waals surface area (Å²) in [4.78, 5) is 13.9. The monoisotopic (exact) mass is 312 g/mol. The van der Waals surface area contributed by atoms with Gasteiger partial charge in [0.25, 0.3) is 10.0 Å². The van der Waals surface area contributed by atoms with Crippen molar-refractivity contribution < 1.29 is 18.3 Å². The fraction of sp³-hybridized carbons (Fsp3) is 0.0833. The molecule has 6 nitrogen and oxygen atoms in total. The van der Waals surface area contributed by atoms with E-state index in [0.29, 0.717) is 5.69 Å². The van der Waals surface area contributed by atoms with Gasteiger partial charge >= 0.3 is 5.97 Å². The van der Waals surface area contributed by atoms with Gasteiger partial charge < -0.3 is 10.1 Å². The summed E-state index contributed by atoms with van der Waals surface area (Å²) in [6, 6.07) is 8.00. The van der Waals surface area contributed by atoms with E-state index in [-0.39, 0.29) is 10.6 Å². The number of rotatable bonds is 5. The predicted octanol–water partition coefficient (Wildman–Crippen LogP) is 2.24. The Labute approximate surface area is 120 Å². The SMILES string of the molecule is CSc1cccc(NS(=O)(=O)c2c[nH]c(C(=O)O)c2)c1. The van der Waals surface area contributed by atoms with E-state index in [0.717, 1.165) is 17.2 Å². The molecule has 1 aromatic heterocycles. The Morgan fingerprint density at radius 2 is 2.10 bits per heavy atom. The van der Waals surface area contributed by atoms with Crippen LogP contribution in [0.15, 0.2) is 46.3 Å². The number of hydrogen-bond acceptors (Lipinski definition) is 4. The van der Waals surface area contributed by atoms with Gasteiger partial charge in [-0.25, -0.2) is 13.2 Å². The van der Waals surface area contributed by atoms with E-state index in [1.165, 1.54) is 11.8 Å². The van der Waals surface area contributed by atoms with Crippen molar-refractivity contribution in [3.8, 4) is 0 Å². The van der Waals surface area contributed by atoms with Crippen molar-refractivity contribution in [3.63, 3.8) is 0 Å². The molecule has 2 rings (SSSR count). The molecule has 0 aliphatic rings. The molecule has 0 aliphatic carbocycles. The molecule has 0 radical (unpaired) electrons. The fourth-order valence-corrected chi connectivity index (χ4v) is 3.06. The van der Waals surface area contributed by atoms with Crippen molar-refractivity contribution in [1.82, 2.24) is 4.98 Å². The number of hydrogen-bond donors (Lipinski definition) is 3. The number of carbonyl (C=O) groups is 1. The zero-order valence-corrected chi connectivity index (χ0v) is 12.1. The number of nitrogens with one attached hydrogen (secondary N) is 2. The number of thioether (sulfide) groups is 1. The van der Waals surface area contributed by atoms with Crippen molar-refractivity contribution in [2.24, 2.45) is 0 Å². The van der Waals surface area contributed by atoms with Crippen molar-refractivity contribution in [3.05, 3.63) is 42.2 Å². The maximum atomic E-state index is 12.1. The van der Waals surface area contributed by atoms with Crippen LogP contribution >= 0.6 is 11.8 Å². The van der Waals surface area contributed by atoms with Crippen LogP contribution in [0, 0.1) is 0 Å². The number of benzene rings is 1. The summed E-state index contributed by atoms with van der Waals surface area (Å²) in [6.07, 6.45) is 3.03. The van der Waals surface area contributed by atoms with Crippen LogP contribution in [-0.2, 0) is 10.0 Å². The Bertz CT molecular complexity index is 737. The van der Waals surface area contributed by atoms with Crippen molar-refractivity contribution in [2.45, 2.75) is 9.79 Å². The van der Waals surface area contributed by atoms with Crippen LogP contribution in [-0.4, -0.2) is 30.7 Å². The minimum atomic E-state index is -3.80. The molecule has 0 unspecified atom stereocenters. The van der Waals surface area contributed by atoms with Crippen LogP contribution in [0.5, 0.6) is 0 Å². The highest BCUT2D eigenvalue weighted by atomic mass is 32.2. The molecule has 0 atom stereocenters. The van der Waals surface area contributed by atoms with Crippen LogP contribution in [0.25, 0.3) is 0 Å². The van der Waals surface area contributed by atoms with E-state index in [4.69, 9.17) is 5.11 Å². The summed E-state index contributed by atoms with van der Waals surface area (Å²) in [5.41, 5.74) is 0.248. The molecule has 1 heterocycles. The highest BCUT2D eigenvalue weighted by molar-refractivity contribution is 7.98. The lowest BCUT2D eigenvalue weighted by molar-refractivity contribution is 0.0691. The van der Waals surface area contributed by atoms with Gasteiger partial charge in [-0.3, -0.25) is 4.72 Å². The van der Waals surface area contributed by atoms with Gasteiger partial charge in [-0.05, 0) is 30.5 Å². The van der Waals surface area contributed by atoms with E-state index in [1.807, 2.05) is 12.3 Å². The lowest BCUT2D eigenvalue weighted by atomic mass is 10.3. The minimum Gasteiger partial charge on any atom is -0.477 e. The van der Waals surface area contributed by atoms with Gasteiger partial charge in [0.1, 0.15) is 10.6 Å². The summed E-state index contributed by atoms with van der Waals surface area (Å²) < 4.78 is 26.6. The maximum absolute atomic E-state index is 12.1. The van der Waals surface area contributed by atoms with Crippen LogP contribution in [0.1, 0.15) is 10.5 Å². The number of anilines is 1. The van der Waals surface area contributed by atoms with Gasteiger partial charge in [-0.15, -0.1) is 11.8 Å². The second-order valence-corrected chi connectivity index (χ2v) is 6.45. The van der Waals surface area contributed by atoms with E-state index < -0.39 is 16.0 Å². The molecular formula is C12H12N2O4S2. The summed E-state index contributed by atoms with van der Waals surface area (Å²) >= 11 is 1.49. The fourth-order valence-electron chi connectivity index (χ4n) is 1.55. The second kappa shape index (κ2) is 5.59. The largest absolute Gasteiger partial charge is 0.477 e. The molecule has 0 spiro atoms. The average molecular weight is 312 g/mol. The number of H-pyrrole nitrogens is 1. The highest BCUT2D eigenvalue weighted by Crippen LogP contribution is 2.22. The van der Waals surface area contributed by atoms with Gasteiger partial charge in [-0.2, -0.15) is 0 Å². The standard InChI is InChI=1S/C12H12N2O4S2/c1-19-9-4-2-3-8(5-9)14-20(17,18)10-6-11(12(15)16)13-7-10/h2-7,13-14H,1H3,(H,15,16). The molecule has 0 amide bonds. The van der Waals surface area contributed by atoms with E-state index >= 15 is 0 Å². The summed E-state index contributed by atoms with van der Waals surface area (Å²) in [6.45, 7) is 0. The zero-order valence-electron chi connectivity index (χ0n) is 10.5. The van der Waals surface area contributed by atoms with Crippen molar-refractivity contribution in [1.29, 1.82) is 0 Å². The molecule has 0 saturated heterocycles. The van der Waals surface area contributed by atoms with Gasteiger partial charge in [0, 0.05) is 16.8 Å². The lowest BCUT2D eigenvalue weighted by Crippen LogP contribution is -2.12. The third kappa shape index (κ3) is 3.14. The summed E-state index contributed by atoms with van der Waals surface area (Å²) in [5, 5.41) is 8.77. The number of carboxylic acid groups (broad SMARTS) is 1. The first kappa shape index (κ1) is 14.5. The van der Waals surface area contributed by atoms with Crippen molar-refractivity contribution >= 4 is 33.4 Å². The lowest BCUT2D eigenvalue weighted by Gasteiger charge is -2.07. The molecule has 8 heteroatoms. The molecule has 20 heavy (non-hydrogen) atoms. The molecule has 3 N–H and O–H groups in total. The molecular weight excluding hydrogens is 300 g/mol. The van der Waals surface area contributed by atoms with Crippen LogP contribution in [0.3, 0.4) is 0 Å². The van der Waals surface area contributed by atoms with E-state index in [2.05, 4.69) is 9.71 Å². The number of aromatic nitrogens is 1. The van der Waals surface area contributed by atoms with Gasteiger partial charge in [0.15, 0.2) is 0 Å². The number of aromatic amines is 1. The molecule has 0 aliphatic heterocycles. The first-order valence-corrected chi connectivity index (χ1v) is 8.22. The maximum Gasteiger partial charge on any atom is 0.352 e. The Kier molecular flexibility index (Phi) is 4.05. The van der Waals surface area contributed by atoms with Crippen LogP contribution in [0.4, 0.5) is 5.69 Å². The highest BCUT2D eigenvalue weighted by Gasteiger charge is 2.18. The average Bonchev–Trinajstić information content (AvgIpc) is 2.89. The number of carboxylic acids is 1. The first-order chi connectivity index (χ1) is 9.42. The van der Waals surface area contributed by atoms with Gasteiger partial charge in [0.2, 0.25) is 0 Å². The Morgan fingerprint density at radius 1 is 1.35 bits per heavy atom. The van der Waals surface area contributed by atoms with Crippen molar-refractivity contribution in [2.75, 3.05) is 11.0 Å². The Hall–Kier alpha value is -1.93. The normalized spacial score (nSPS) is 11.2. The third-order valence-corrected chi connectivity index (χ3v) is 4.61. The summed E-state index contributed by atoms with van der Waals surface area (Å²) in [5.74, 6) is -1.21. The number of aromatic carboxylic acids is 1. The van der Waals surface area contributed by atoms with E-state index in [1.54, 1.807) is 18.2 Å². The zero-order chi connectivity index (χ0) is 14.8. The minimum absolute atomic E-state index is 0.121. The molecule has 0 bridgehead atoms. The van der Waals surface area contributed by atoms with Gasteiger partial charge in [0.05, 0.1) is 0 Å². The van der Waals surface area contributed by atoms with Crippen LogP contribution < -0.4 is 4.72 Å². The van der Waals surface area contributed by atoms with Gasteiger partial charge in [-0.1, -0.05) is 6.07 Å². The Morgan fingerprint density at radius 3 is 2.70 bits per heavy atom. The molecule has 106 valence electrons. The predicted molar refractivity (Wildman–Crippen MR) is 76.8 cm³/mol.